The molecular weight excluding hydrogens is 328 g/mol. The average molecular weight is 348 g/mol. The molecule has 1 atom stereocenters. The monoisotopic (exact) mass is 348 g/mol. The summed E-state index contributed by atoms with van der Waals surface area (Å²) in [7, 11) is 0. The molecule has 8 heteroatoms. The van der Waals surface area contributed by atoms with E-state index in [9.17, 15) is 4.79 Å². The summed E-state index contributed by atoms with van der Waals surface area (Å²) in [6.07, 6.45) is 1.34. The van der Waals surface area contributed by atoms with Crippen molar-refractivity contribution in [1.29, 1.82) is 0 Å². The number of morpholine rings is 1. The van der Waals surface area contributed by atoms with Crippen LogP contribution in [0.1, 0.15) is 13.8 Å². The van der Waals surface area contributed by atoms with Crippen LogP contribution in [0.3, 0.4) is 0 Å². The highest BCUT2D eigenvalue weighted by Crippen LogP contribution is 2.23. The van der Waals surface area contributed by atoms with Crippen LogP contribution in [0.4, 0.5) is 9.80 Å². The van der Waals surface area contributed by atoms with Crippen LogP contribution in [-0.2, 0) is 4.74 Å². The predicted molar refractivity (Wildman–Crippen MR) is 91.4 cm³/mol. The number of hydrogen-bond acceptors (Lipinski definition) is 6. The summed E-state index contributed by atoms with van der Waals surface area (Å²) in [5.41, 5.74) is -0.438. The Morgan fingerprint density at radius 1 is 1.46 bits per heavy atom. The summed E-state index contributed by atoms with van der Waals surface area (Å²) < 4.78 is 15.6. The lowest BCUT2D eigenvalue weighted by Gasteiger charge is -2.42. The van der Waals surface area contributed by atoms with Gasteiger partial charge in [0.1, 0.15) is 23.5 Å². The zero-order valence-electron chi connectivity index (χ0n) is 13.6. The van der Waals surface area contributed by atoms with Gasteiger partial charge in [-0.2, -0.15) is 0 Å². The van der Waals surface area contributed by atoms with Gasteiger partial charge in [0, 0.05) is 11.5 Å². The number of carbonyl (C=O) groups excluding carboxylic acids is 1. The SMILES string of the molecule is CC1(C)CN(C(=O)Nc2cnns2)C[C@H](COc2ccccc2)O1. The van der Waals surface area contributed by atoms with Gasteiger partial charge < -0.3 is 14.4 Å². The number of rotatable bonds is 4. The van der Waals surface area contributed by atoms with Gasteiger partial charge in [0.25, 0.3) is 0 Å². The van der Waals surface area contributed by atoms with Crippen molar-refractivity contribution in [2.45, 2.75) is 25.6 Å². The molecule has 2 amide bonds. The second kappa shape index (κ2) is 7.14. The number of nitrogens with zero attached hydrogens (tertiary/aromatic N) is 3. The van der Waals surface area contributed by atoms with Crippen molar-refractivity contribution in [2.75, 3.05) is 25.0 Å². The highest BCUT2D eigenvalue weighted by molar-refractivity contribution is 7.10. The Kier molecular flexibility index (Phi) is 4.96. The van der Waals surface area contributed by atoms with Crippen LogP contribution in [0, 0.1) is 0 Å². The van der Waals surface area contributed by atoms with Crippen molar-refractivity contribution >= 4 is 22.6 Å². The molecule has 2 aromatic rings. The van der Waals surface area contributed by atoms with Crippen LogP contribution in [0.25, 0.3) is 0 Å². The summed E-state index contributed by atoms with van der Waals surface area (Å²) >= 11 is 1.15. The molecule has 3 rings (SSSR count). The van der Waals surface area contributed by atoms with E-state index in [1.54, 1.807) is 4.90 Å². The van der Waals surface area contributed by atoms with Crippen LogP contribution in [-0.4, -0.2) is 51.9 Å². The first-order valence-electron chi connectivity index (χ1n) is 7.71. The van der Waals surface area contributed by atoms with E-state index in [-0.39, 0.29) is 12.1 Å². The third kappa shape index (κ3) is 4.42. The number of hydrogen-bond donors (Lipinski definition) is 1. The second-order valence-corrected chi connectivity index (χ2v) is 7.00. The van der Waals surface area contributed by atoms with Crippen LogP contribution < -0.4 is 10.1 Å². The minimum absolute atomic E-state index is 0.179. The molecule has 1 aromatic carbocycles. The number of aromatic nitrogens is 2. The number of anilines is 1. The smallest absolute Gasteiger partial charge is 0.322 e. The molecule has 0 bridgehead atoms. The van der Waals surface area contributed by atoms with E-state index < -0.39 is 5.60 Å². The summed E-state index contributed by atoms with van der Waals surface area (Å²) in [6.45, 7) is 5.30. The molecule has 0 unspecified atom stereocenters. The Hall–Kier alpha value is -2.19. The first-order chi connectivity index (χ1) is 11.5. The molecule has 0 radical (unpaired) electrons. The average Bonchev–Trinajstić information content (AvgIpc) is 3.05. The lowest BCUT2D eigenvalue weighted by Crippen LogP contribution is -2.56. The summed E-state index contributed by atoms with van der Waals surface area (Å²) in [4.78, 5) is 14.2. The molecule has 128 valence electrons. The van der Waals surface area contributed by atoms with Gasteiger partial charge in [-0.1, -0.05) is 22.7 Å². The fraction of sp³-hybridized carbons (Fsp3) is 0.438. The molecule has 1 aliphatic heterocycles. The second-order valence-electron chi connectivity index (χ2n) is 6.22. The highest BCUT2D eigenvalue weighted by atomic mass is 32.1. The lowest BCUT2D eigenvalue weighted by atomic mass is 10.1. The van der Waals surface area contributed by atoms with E-state index in [1.165, 1.54) is 6.20 Å². The Bertz CT molecular complexity index is 663. The van der Waals surface area contributed by atoms with Crippen LogP contribution in [0.5, 0.6) is 5.75 Å². The van der Waals surface area contributed by atoms with E-state index in [2.05, 4.69) is 14.9 Å². The van der Waals surface area contributed by atoms with Gasteiger partial charge in [-0.3, -0.25) is 5.32 Å². The number of amides is 2. The molecule has 1 aliphatic rings. The van der Waals surface area contributed by atoms with Crippen molar-refractivity contribution in [2.24, 2.45) is 0 Å². The zero-order valence-corrected chi connectivity index (χ0v) is 14.5. The van der Waals surface area contributed by atoms with E-state index in [0.717, 1.165) is 17.3 Å². The van der Waals surface area contributed by atoms with Gasteiger partial charge in [0.15, 0.2) is 0 Å². The highest BCUT2D eigenvalue weighted by Gasteiger charge is 2.36. The molecule has 2 heterocycles. The largest absolute Gasteiger partial charge is 0.491 e. The zero-order chi connectivity index (χ0) is 17.0. The van der Waals surface area contributed by atoms with Crippen molar-refractivity contribution < 1.29 is 14.3 Å². The van der Waals surface area contributed by atoms with Gasteiger partial charge in [0.05, 0.1) is 24.9 Å². The number of benzene rings is 1. The topological polar surface area (TPSA) is 76.6 Å². The Morgan fingerprint density at radius 2 is 2.25 bits per heavy atom. The molecule has 0 spiro atoms. The number of nitrogens with one attached hydrogen (secondary N) is 1. The molecule has 1 N–H and O–H groups in total. The third-order valence-corrected chi connectivity index (χ3v) is 4.12. The van der Waals surface area contributed by atoms with Crippen molar-refractivity contribution in [1.82, 2.24) is 14.5 Å². The minimum Gasteiger partial charge on any atom is -0.491 e. The van der Waals surface area contributed by atoms with Crippen LogP contribution in [0.2, 0.25) is 0 Å². The van der Waals surface area contributed by atoms with Crippen molar-refractivity contribution in [3.63, 3.8) is 0 Å². The fourth-order valence-corrected chi connectivity index (χ4v) is 3.06. The maximum Gasteiger partial charge on any atom is 0.322 e. The first-order valence-corrected chi connectivity index (χ1v) is 8.48. The Labute approximate surface area is 144 Å². The van der Waals surface area contributed by atoms with Crippen molar-refractivity contribution in [3.05, 3.63) is 36.5 Å². The van der Waals surface area contributed by atoms with E-state index >= 15 is 0 Å². The number of para-hydroxylation sites is 1. The van der Waals surface area contributed by atoms with E-state index in [0.29, 0.717) is 24.7 Å². The molecule has 0 saturated carbocycles. The summed E-state index contributed by atoms with van der Waals surface area (Å²) in [5, 5.41) is 7.15. The van der Waals surface area contributed by atoms with Gasteiger partial charge in [0.2, 0.25) is 0 Å². The predicted octanol–water partition coefficient (Wildman–Crippen LogP) is 2.63. The van der Waals surface area contributed by atoms with Crippen LogP contribution >= 0.6 is 11.5 Å². The van der Waals surface area contributed by atoms with Gasteiger partial charge >= 0.3 is 6.03 Å². The summed E-state index contributed by atoms with van der Waals surface area (Å²) in [6, 6.07) is 9.40. The number of urea groups is 1. The van der Waals surface area contributed by atoms with Gasteiger partial charge in [-0.15, -0.1) is 5.10 Å². The molecule has 0 aliphatic carbocycles. The number of carbonyl (C=O) groups is 1. The van der Waals surface area contributed by atoms with Gasteiger partial charge in [-0.25, -0.2) is 4.79 Å². The molecule has 1 fully saturated rings. The normalized spacial score (nSPS) is 19.8. The van der Waals surface area contributed by atoms with Gasteiger partial charge in [-0.05, 0) is 26.0 Å². The van der Waals surface area contributed by atoms with Crippen LogP contribution in [0.15, 0.2) is 36.5 Å². The lowest BCUT2D eigenvalue weighted by molar-refractivity contribution is -0.134. The molecule has 24 heavy (non-hydrogen) atoms. The molecular formula is C16H20N4O3S. The maximum atomic E-state index is 12.4. The first kappa shape index (κ1) is 16.7. The maximum absolute atomic E-state index is 12.4. The molecule has 1 saturated heterocycles. The van der Waals surface area contributed by atoms with E-state index in [1.807, 2.05) is 44.2 Å². The number of ether oxygens (including phenoxy) is 2. The Morgan fingerprint density at radius 3 is 2.96 bits per heavy atom. The Balaban J connectivity index is 1.60. The van der Waals surface area contributed by atoms with E-state index in [4.69, 9.17) is 9.47 Å². The quantitative estimate of drug-likeness (QED) is 0.919. The fourth-order valence-electron chi connectivity index (χ4n) is 2.65. The standard InChI is InChI=1S/C16H20N4O3S/c1-16(2)11-20(15(21)18-14-8-17-19-24-14)9-13(23-16)10-22-12-6-4-3-5-7-12/h3-8,13H,9-11H2,1-2H3,(H,18,21)/t13-/m1/s1. The third-order valence-electron chi connectivity index (χ3n) is 3.54. The minimum atomic E-state index is -0.438. The molecule has 7 nitrogen and oxygen atoms in total. The summed E-state index contributed by atoms with van der Waals surface area (Å²) in [5.74, 6) is 0.788. The molecule has 1 aromatic heterocycles. The van der Waals surface area contributed by atoms with Crippen molar-refractivity contribution in [3.8, 4) is 5.75 Å².